The molecule has 0 bridgehead atoms. The summed E-state index contributed by atoms with van der Waals surface area (Å²) >= 11 is 0. The largest absolute Gasteiger partial charge is 0.481 e. The van der Waals surface area contributed by atoms with Gasteiger partial charge >= 0.3 is 11.7 Å². The molecule has 1 aromatic rings. The molecule has 0 aliphatic carbocycles. The maximum atomic E-state index is 10.4. The third-order valence-corrected chi connectivity index (χ3v) is 2.45. The third kappa shape index (κ3) is 6.29. The van der Waals surface area contributed by atoms with E-state index in [0.717, 1.165) is 31.7 Å². The molecule has 0 atom stereocenters. The molecule has 1 rings (SSSR count). The summed E-state index contributed by atoms with van der Waals surface area (Å²) < 4.78 is 0. The molecule has 19 heavy (non-hydrogen) atoms. The monoisotopic (exact) mass is 268 g/mol. The van der Waals surface area contributed by atoms with Gasteiger partial charge in [-0.1, -0.05) is 12.8 Å². The molecule has 8 nitrogen and oxygen atoms in total. The van der Waals surface area contributed by atoms with Gasteiger partial charge in [-0.05, 0) is 12.8 Å². The predicted molar refractivity (Wildman–Crippen MR) is 67.9 cm³/mol. The molecular weight excluding hydrogens is 252 g/mol. The van der Waals surface area contributed by atoms with Crippen LogP contribution in [0.3, 0.4) is 0 Å². The van der Waals surface area contributed by atoms with Crippen molar-refractivity contribution in [3.05, 3.63) is 22.5 Å². The van der Waals surface area contributed by atoms with Crippen LogP contribution < -0.4 is 5.32 Å². The molecule has 0 aliphatic heterocycles. The van der Waals surface area contributed by atoms with Crippen molar-refractivity contribution in [1.82, 2.24) is 9.97 Å². The van der Waals surface area contributed by atoms with E-state index in [2.05, 4.69) is 15.3 Å². The van der Waals surface area contributed by atoms with Crippen LogP contribution in [0.2, 0.25) is 0 Å². The summed E-state index contributed by atoms with van der Waals surface area (Å²) in [4.78, 5) is 27.7. The van der Waals surface area contributed by atoms with Gasteiger partial charge in [-0.2, -0.15) is 0 Å². The lowest BCUT2D eigenvalue weighted by Crippen LogP contribution is -2.05. The number of nitrogens with one attached hydrogen (secondary N) is 1. The fraction of sp³-hybridized carbons (Fsp3) is 0.545. The molecule has 0 radical (unpaired) electrons. The molecule has 0 spiro atoms. The zero-order valence-corrected chi connectivity index (χ0v) is 10.4. The summed E-state index contributed by atoms with van der Waals surface area (Å²) in [6, 6.07) is 0. The fourth-order valence-corrected chi connectivity index (χ4v) is 1.46. The van der Waals surface area contributed by atoms with Gasteiger partial charge in [0.05, 0.1) is 4.92 Å². The minimum absolute atomic E-state index is 0.140. The van der Waals surface area contributed by atoms with Gasteiger partial charge in [-0.3, -0.25) is 14.9 Å². The zero-order valence-electron chi connectivity index (χ0n) is 10.4. The molecule has 0 fully saturated rings. The minimum atomic E-state index is -0.766. The summed E-state index contributed by atoms with van der Waals surface area (Å²) in [5, 5.41) is 21.8. The number of hydrogen-bond acceptors (Lipinski definition) is 6. The summed E-state index contributed by atoms with van der Waals surface area (Å²) in [5.41, 5.74) is -0.140. The van der Waals surface area contributed by atoms with E-state index in [1.807, 2.05) is 0 Å². The summed E-state index contributed by atoms with van der Waals surface area (Å²) in [5.74, 6) is -0.409. The van der Waals surface area contributed by atoms with Crippen LogP contribution in [-0.4, -0.2) is 32.5 Å². The van der Waals surface area contributed by atoms with E-state index in [4.69, 9.17) is 5.11 Å². The number of aromatic nitrogens is 2. The van der Waals surface area contributed by atoms with E-state index in [9.17, 15) is 14.9 Å². The summed E-state index contributed by atoms with van der Waals surface area (Å²) in [6.07, 6.45) is 5.87. The molecular formula is C11H16N4O4. The lowest BCUT2D eigenvalue weighted by Gasteiger charge is -2.03. The summed E-state index contributed by atoms with van der Waals surface area (Å²) in [6.45, 7) is 0.658. The molecule has 2 N–H and O–H groups in total. The average Bonchev–Trinajstić information content (AvgIpc) is 2.38. The van der Waals surface area contributed by atoms with Crippen molar-refractivity contribution in [2.45, 2.75) is 32.1 Å². The molecule has 0 aliphatic rings. The van der Waals surface area contributed by atoms with Crippen molar-refractivity contribution >= 4 is 17.6 Å². The summed E-state index contributed by atoms with van der Waals surface area (Å²) in [7, 11) is 0. The highest BCUT2D eigenvalue weighted by molar-refractivity contribution is 5.66. The molecule has 0 amide bonds. The smallest absolute Gasteiger partial charge is 0.305 e. The van der Waals surface area contributed by atoms with Gasteiger partial charge in [-0.15, -0.1) is 0 Å². The van der Waals surface area contributed by atoms with Gasteiger partial charge in [0.1, 0.15) is 12.4 Å². The molecule has 1 heterocycles. The van der Waals surface area contributed by atoms with E-state index in [-0.39, 0.29) is 12.1 Å². The minimum Gasteiger partial charge on any atom is -0.481 e. The number of anilines is 1. The number of aliphatic carboxylic acids is 1. The number of unbranched alkanes of at least 4 members (excludes halogenated alkanes) is 3. The van der Waals surface area contributed by atoms with Crippen LogP contribution in [0.25, 0.3) is 0 Å². The van der Waals surface area contributed by atoms with E-state index in [1.54, 1.807) is 0 Å². The highest BCUT2D eigenvalue weighted by Gasteiger charge is 2.05. The van der Waals surface area contributed by atoms with Crippen LogP contribution in [0.1, 0.15) is 32.1 Å². The number of carboxylic acid groups (broad SMARTS) is 1. The Balaban J connectivity index is 2.12. The molecule has 1 aromatic heterocycles. The first-order valence-electron chi connectivity index (χ1n) is 6.01. The Morgan fingerprint density at radius 1 is 1.26 bits per heavy atom. The van der Waals surface area contributed by atoms with Crippen molar-refractivity contribution in [3.63, 3.8) is 0 Å². The van der Waals surface area contributed by atoms with Crippen LogP contribution in [0, 0.1) is 10.1 Å². The van der Waals surface area contributed by atoms with Crippen molar-refractivity contribution in [3.8, 4) is 0 Å². The second kappa shape index (κ2) is 7.96. The van der Waals surface area contributed by atoms with E-state index in [0.29, 0.717) is 18.9 Å². The number of rotatable bonds is 9. The highest BCUT2D eigenvalue weighted by atomic mass is 16.6. The van der Waals surface area contributed by atoms with Crippen LogP contribution in [0.5, 0.6) is 0 Å². The molecule has 104 valence electrons. The maximum absolute atomic E-state index is 10.4. The van der Waals surface area contributed by atoms with Crippen LogP contribution in [-0.2, 0) is 4.79 Å². The number of nitrogens with zero attached hydrogens (tertiary/aromatic N) is 3. The lowest BCUT2D eigenvalue weighted by molar-refractivity contribution is -0.385. The molecule has 0 unspecified atom stereocenters. The van der Waals surface area contributed by atoms with E-state index in [1.165, 1.54) is 0 Å². The molecule has 0 saturated heterocycles. The fourth-order valence-electron chi connectivity index (χ4n) is 1.46. The van der Waals surface area contributed by atoms with Crippen LogP contribution in [0.15, 0.2) is 12.4 Å². The number of hydrogen-bond donors (Lipinski definition) is 2. The van der Waals surface area contributed by atoms with Crippen molar-refractivity contribution in [2.24, 2.45) is 0 Å². The number of carboxylic acids is 1. The van der Waals surface area contributed by atoms with E-state index < -0.39 is 10.9 Å². The molecule has 0 saturated carbocycles. The first-order chi connectivity index (χ1) is 9.09. The second-order valence-electron chi connectivity index (χ2n) is 4.01. The van der Waals surface area contributed by atoms with E-state index >= 15 is 0 Å². The van der Waals surface area contributed by atoms with Crippen molar-refractivity contribution in [2.75, 3.05) is 11.9 Å². The molecule has 0 aromatic carbocycles. The van der Waals surface area contributed by atoms with Gasteiger partial charge in [0.25, 0.3) is 0 Å². The third-order valence-electron chi connectivity index (χ3n) is 2.45. The van der Waals surface area contributed by atoms with Crippen LogP contribution >= 0.6 is 0 Å². The first kappa shape index (κ1) is 14.8. The van der Waals surface area contributed by atoms with Gasteiger partial charge in [-0.25, -0.2) is 9.97 Å². The standard InChI is InChI=1S/C11H16N4O4/c16-10(17)5-3-1-2-4-6-12-11-13-7-9(8-14-11)15(18)19/h7-8H,1-6H2,(H,16,17)(H,12,13,14). The van der Waals surface area contributed by atoms with Crippen molar-refractivity contribution < 1.29 is 14.8 Å². The highest BCUT2D eigenvalue weighted by Crippen LogP contribution is 2.08. The Morgan fingerprint density at radius 2 is 1.89 bits per heavy atom. The SMILES string of the molecule is O=C(O)CCCCCCNc1ncc([N+](=O)[O-])cn1. The first-order valence-corrected chi connectivity index (χ1v) is 6.01. The lowest BCUT2D eigenvalue weighted by atomic mass is 10.1. The Labute approximate surface area is 110 Å². The Kier molecular flexibility index (Phi) is 6.20. The Bertz CT molecular complexity index is 421. The van der Waals surface area contributed by atoms with Gasteiger partial charge < -0.3 is 10.4 Å². The quantitative estimate of drug-likeness (QED) is 0.398. The van der Waals surface area contributed by atoms with Gasteiger partial charge in [0.2, 0.25) is 5.95 Å². The molecule has 8 heteroatoms. The predicted octanol–water partition coefficient (Wildman–Crippen LogP) is 1.83. The average molecular weight is 268 g/mol. The Morgan fingerprint density at radius 3 is 2.47 bits per heavy atom. The van der Waals surface area contributed by atoms with Gasteiger partial charge in [0.15, 0.2) is 0 Å². The normalized spacial score (nSPS) is 10.1. The number of carbonyl (C=O) groups is 1. The number of nitro groups is 1. The topological polar surface area (TPSA) is 118 Å². The van der Waals surface area contributed by atoms with Crippen LogP contribution in [0.4, 0.5) is 11.6 Å². The zero-order chi connectivity index (χ0) is 14.1. The maximum Gasteiger partial charge on any atom is 0.305 e. The second-order valence-corrected chi connectivity index (χ2v) is 4.01. The van der Waals surface area contributed by atoms with Crippen molar-refractivity contribution in [1.29, 1.82) is 0 Å². The van der Waals surface area contributed by atoms with Gasteiger partial charge in [0, 0.05) is 13.0 Å². The Hall–Kier alpha value is -2.25.